The van der Waals surface area contributed by atoms with Crippen LogP contribution in [0, 0.1) is 3.57 Å². The molecule has 1 aromatic carbocycles. The molecule has 1 amide bonds. The van der Waals surface area contributed by atoms with E-state index in [1.165, 1.54) is 11.7 Å². The summed E-state index contributed by atoms with van der Waals surface area (Å²) < 4.78 is 7.54. The Bertz CT molecular complexity index is 646. The summed E-state index contributed by atoms with van der Waals surface area (Å²) in [7, 11) is 0. The van der Waals surface area contributed by atoms with Gasteiger partial charge in [-0.1, -0.05) is 30.3 Å². The lowest BCUT2D eigenvalue weighted by molar-refractivity contribution is -0.118. The monoisotopic (exact) mass is 386 g/mol. The fraction of sp³-hybridized carbons (Fsp3) is 0.286. The molecule has 0 unspecified atom stereocenters. The summed E-state index contributed by atoms with van der Waals surface area (Å²) in [6, 6.07) is 9.53. The normalized spacial score (nSPS) is 10.5. The van der Waals surface area contributed by atoms with Crippen molar-refractivity contribution in [3.8, 4) is 11.3 Å². The molecular formula is C14H15IN2O3. The van der Waals surface area contributed by atoms with Gasteiger partial charge in [0.15, 0.2) is 5.76 Å². The summed E-state index contributed by atoms with van der Waals surface area (Å²) in [5.41, 5.74) is 0.752. The van der Waals surface area contributed by atoms with Gasteiger partial charge in [0, 0.05) is 19.0 Å². The third-order valence-corrected chi connectivity index (χ3v) is 3.71. The number of hydrogen-bond donors (Lipinski definition) is 1. The first-order valence-electron chi connectivity index (χ1n) is 6.29. The standard InChI is InChI=1S/C14H15IN2O3/c1-10(18)16-8-5-9-17-14(19)12(15)13(20-17)11-6-3-2-4-7-11/h2-4,6-7H,5,8-9H2,1H3,(H,16,18). The second kappa shape index (κ2) is 6.74. The van der Waals surface area contributed by atoms with Crippen LogP contribution in [0.2, 0.25) is 0 Å². The summed E-state index contributed by atoms with van der Waals surface area (Å²) in [6.07, 6.45) is 0.650. The Morgan fingerprint density at radius 2 is 2.05 bits per heavy atom. The molecule has 0 fully saturated rings. The smallest absolute Gasteiger partial charge is 0.296 e. The second-order valence-electron chi connectivity index (χ2n) is 4.34. The van der Waals surface area contributed by atoms with Gasteiger partial charge in [-0.05, 0) is 29.0 Å². The zero-order valence-electron chi connectivity index (χ0n) is 11.1. The number of aromatic nitrogens is 1. The maximum Gasteiger partial charge on any atom is 0.296 e. The predicted octanol–water partition coefficient (Wildman–Crippen LogP) is 2.24. The number of nitrogens with one attached hydrogen (secondary N) is 1. The molecule has 6 heteroatoms. The van der Waals surface area contributed by atoms with E-state index in [0.717, 1.165) is 5.56 Å². The average Bonchev–Trinajstić information content (AvgIpc) is 2.72. The van der Waals surface area contributed by atoms with Gasteiger partial charge < -0.3 is 9.84 Å². The SMILES string of the molecule is CC(=O)NCCCn1oc(-c2ccccc2)c(I)c1=O. The molecule has 0 atom stereocenters. The number of nitrogens with zero attached hydrogens (tertiary/aromatic N) is 1. The molecule has 0 aliphatic carbocycles. The van der Waals surface area contributed by atoms with Crippen LogP contribution in [0.15, 0.2) is 39.6 Å². The highest BCUT2D eigenvalue weighted by atomic mass is 127. The minimum atomic E-state index is -0.132. The summed E-state index contributed by atoms with van der Waals surface area (Å²) in [5, 5.41) is 2.69. The van der Waals surface area contributed by atoms with Gasteiger partial charge in [-0.15, -0.1) is 0 Å². The molecule has 0 bridgehead atoms. The van der Waals surface area contributed by atoms with Gasteiger partial charge in [-0.25, -0.2) is 0 Å². The highest BCUT2D eigenvalue weighted by Gasteiger charge is 2.15. The van der Waals surface area contributed by atoms with Gasteiger partial charge in [0.2, 0.25) is 5.91 Å². The highest BCUT2D eigenvalue weighted by Crippen LogP contribution is 2.23. The Morgan fingerprint density at radius 3 is 2.70 bits per heavy atom. The number of benzene rings is 1. The number of carbonyl (C=O) groups excluding carboxylic acids is 1. The fourth-order valence-corrected chi connectivity index (χ4v) is 2.48. The van der Waals surface area contributed by atoms with Gasteiger partial charge in [0.05, 0.1) is 6.54 Å². The van der Waals surface area contributed by atoms with Gasteiger partial charge in [-0.2, -0.15) is 4.74 Å². The first-order valence-corrected chi connectivity index (χ1v) is 7.37. The van der Waals surface area contributed by atoms with E-state index in [9.17, 15) is 9.59 Å². The van der Waals surface area contributed by atoms with E-state index in [-0.39, 0.29) is 11.5 Å². The molecule has 1 N–H and O–H groups in total. The minimum Gasteiger partial charge on any atom is -0.375 e. The van der Waals surface area contributed by atoms with E-state index in [2.05, 4.69) is 5.32 Å². The van der Waals surface area contributed by atoms with E-state index >= 15 is 0 Å². The second-order valence-corrected chi connectivity index (χ2v) is 5.42. The molecule has 106 valence electrons. The summed E-state index contributed by atoms with van der Waals surface area (Å²) in [5.74, 6) is 0.520. The molecular weight excluding hydrogens is 371 g/mol. The number of rotatable bonds is 5. The van der Waals surface area contributed by atoms with Crippen molar-refractivity contribution in [2.24, 2.45) is 0 Å². The maximum absolute atomic E-state index is 12.1. The first-order chi connectivity index (χ1) is 9.59. The summed E-state index contributed by atoms with van der Waals surface area (Å²) >= 11 is 2.00. The Morgan fingerprint density at radius 1 is 1.35 bits per heavy atom. The fourth-order valence-electron chi connectivity index (χ4n) is 1.80. The van der Waals surface area contributed by atoms with Gasteiger partial charge in [0.1, 0.15) is 3.57 Å². The van der Waals surface area contributed by atoms with Crippen LogP contribution in [-0.4, -0.2) is 17.2 Å². The molecule has 2 rings (SSSR count). The lowest BCUT2D eigenvalue weighted by atomic mass is 10.2. The van der Waals surface area contributed by atoms with Gasteiger partial charge >= 0.3 is 0 Å². The number of hydrogen-bond acceptors (Lipinski definition) is 3. The average molecular weight is 386 g/mol. The van der Waals surface area contributed by atoms with Crippen LogP contribution in [-0.2, 0) is 11.3 Å². The number of aryl methyl sites for hydroxylation is 1. The van der Waals surface area contributed by atoms with Crippen LogP contribution in [0.1, 0.15) is 13.3 Å². The van der Waals surface area contributed by atoms with Gasteiger partial charge in [-0.3, -0.25) is 9.59 Å². The van der Waals surface area contributed by atoms with Gasteiger partial charge in [0.25, 0.3) is 5.56 Å². The lowest BCUT2D eigenvalue weighted by Gasteiger charge is -2.01. The minimum absolute atomic E-state index is 0.0728. The van der Waals surface area contributed by atoms with Crippen molar-refractivity contribution in [3.05, 3.63) is 44.3 Å². The Labute approximate surface area is 130 Å². The quantitative estimate of drug-likeness (QED) is 0.633. The summed E-state index contributed by atoms with van der Waals surface area (Å²) in [4.78, 5) is 22.8. The van der Waals surface area contributed by atoms with Crippen molar-refractivity contribution in [1.29, 1.82) is 0 Å². The molecule has 0 aliphatic heterocycles. The van der Waals surface area contributed by atoms with Crippen LogP contribution in [0.25, 0.3) is 11.3 Å². The summed E-state index contributed by atoms with van der Waals surface area (Å²) in [6.45, 7) is 2.44. The Balaban J connectivity index is 2.12. The number of carbonyl (C=O) groups is 1. The van der Waals surface area contributed by atoms with Crippen LogP contribution in [0.5, 0.6) is 0 Å². The highest BCUT2D eigenvalue weighted by molar-refractivity contribution is 14.1. The maximum atomic E-state index is 12.1. The van der Waals surface area contributed by atoms with Crippen LogP contribution in [0.3, 0.4) is 0 Å². The number of halogens is 1. The topological polar surface area (TPSA) is 64.2 Å². The molecule has 0 aliphatic rings. The van der Waals surface area contributed by atoms with Crippen molar-refractivity contribution < 1.29 is 9.32 Å². The first kappa shape index (κ1) is 14.8. The zero-order valence-corrected chi connectivity index (χ0v) is 13.2. The lowest BCUT2D eigenvalue weighted by Crippen LogP contribution is -2.24. The molecule has 0 spiro atoms. The Hall–Kier alpha value is -1.57. The van der Waals surface area contributed by atoms with E-state index in [1.54, 1.807) is 0 Å². The van der Waals surface area contributed by atoms with E-state index in [4.69, 9.17) is 4.52 Å². The molecule has 0 saturated carbocycles. The van der Waals surface area contributed by atoms with Crippen LogP contribution >= 0.6 is 22.6 Å². The van der Waals surface area contributed by atoms with Crippen LogP contribution in [0.4, 0.5) is 0 Å². The molecule has 0 saturated heterocycles. The number of amides is 1. The van der Waals surface area contributed by atoms with E-state index < -0.39 is 0 Å². The molecule has 2 aromatic rings. The Kier molecular flexibility index (Phi) is 4.99. The molecule has 1 heterocycles. The van der Waals surface area contributed by atoms with Crippen molar-refractivity contribution in [3.63, 3.8) is 0 Å². The van der Waals surface area contributed by atoms with E-state index in [1.807, 2.05) is 52.9 Å². The molecule has 1 aromatic heterocycles. The van der Waals surface area contributed by atoms with Crippen molar-refractivity contribution in [2.45, 2.75) is 19.9 Å². The molecule has 0 radical (unpaired) electrons. The molecule has 5 nitrogen and oxygen atoms in total. The van der Waals surface area contributed by atoms with Crippen LogP contribution < -0.4 is 10.9 Å². The molecule has 20 heavy (non-hydrogen) atoms. The zero-order chi connectivity index (χ0) is 14.5. The third-order valence-electron chi connectivity index (χ3n) is 2.76. The van der Waals surface area contributed by atoms with Crippen molar-refractivity contribution in [2.75, 3.05) is 6.54 Å². The van der Waals surface area contributed by atoms with E-state index in [0.29, 0.717) is 28.8 Å². The largest absolute Gasteiger partial charge is 0.375 e. The predicted molar refractivity (Wildman–Crippen MR) is 84.4 cm³/mol. The van der Waals surface area contributed by atoms with Crippen molar-refractivity contribution >= 4 is 28.5 Å². The third kappa shape index (κ3) is 3.50. The van der Waals surface area contributed by atoms with Crippen molar-refractivity contribution in [1.82, 2.24) is 10.1 Å².